The number of nitrogen functional groups attached to an aromatic ring is 1. The smallest absolute Gasteiger partial charge is 0.340 e. The van der Waals surface area contributed by atoms with Crippen LogP contribution in [0.2, 0.25) is 0 Å². The van der Waals surface area contributed by atoms with Gasteiger partial charge in [0.2, 0.25) is 0 Å². The Bertz CT molecular complexity index is 1040. The third-order valence-electron chi connectivity index (χ3n) is 3.87. The Hall–Kier alpha value is -3.14. The Labute approximate surface area is 154 Å². The van der Waals surface area contributed by atoms with Crippen LogP contribution in [-0.4, -0.2) is 36.6 Å². The van der Waals surface area contributed by atoms with Gasteiger partial charge in [0.05, 0.1) is 41.1 Å². The Morgan fingerprint density at radius 3 is 2.46 bits per heavy atom. The van der Waals surface area contributed by atoms with Crippen LogP contribution in [0.5, 0.6) is 5.75 Å². The van der Waals surface area contributed by atoms with Crippen LogP contribution in [0.15, 0.2) is 27.5 Å². The number of carbonyl (C=O) groups is 3. The number of nitrogens with one attached hydrogen (secondary N) is 1. The maximum Gasteiger partial charge on any atom is 0.340 e. The van der Waals surface area contributed by atoms with Gasteiger partial charge in [0.15, 0.2) is 0 Å². The molecule has 3 N–H and O–H groups in total. The number of hydrogen-bond donors (Lipinski definition) is 2. The first-order valence-corrected chi connectivity index (χ1v) is 7.96. The molecule has 0 radical (unpaired) electrons. The molecule has 2 heterocycles. The van der Waals surface area contributed by atoms with Crippen molar-refractivity contribution in [1.82, 2.24) is 9.88 Å². The number of ether oxygens (including phenoxy) is 2. The number of imide groups is 1. The van der Waals surface area contributed by atoms with Gasteiger partial charge in [0, 0.05) is 6.07 Å². The van der Waals surface area contributed by atoms with Gasteiger partial charge >= 0.3 is 5.97 Å². The molecule has 134 valence electrons. The molecule has 9 nitrogen and oxygen atoms in total. The van der Waals surface area contributed by atoms with Crippen LogP contribution in [0.4, 0.5) is 5.82 Å². The Morgan fingerprint density at radius 1 is 1.15 bits per heavy atom. The minimum Gasteiger partial charge on any atom is -0.496 e. The number of amides is 2. The van der Waals surface area contributed by atoms with E-state index >= 15 is 0 Å². The maximum atomic E-state index is 12.6. The molecule has 26 heavy (non-hydrogen) atoms. The molecule has 10 heteroatoms. The molecule has 1 aliphatic heterocycles. The summed E-state index contributed by atoms with van der Waals surface area (Å²) in [7, 11) is 2.59. The Balaban J connectivity index is 2.38. The van der Waals surface area contributed by atoms with Gasteiger partial charge in [-0.1, -0.05) is 0 Å². The summed E-state index contributed by atoms with van der Waals surface area (Å²) in [6.07, 6.45) is 0. The van der Waals surface area contributed by atoms with Crippen LogP contribution in [0.3, 0.4) is 0 Å². The summed E-state index contributed by atoms with van der Waals surface area (Å²) >= 11 is 3.28. The van der Waals surface area contributed by atoms with Gasteiger partial charge in [0.25, 0.3) is 17.4 Å². The highest BCUT2D eigenvalue weighted by molar-refractivity contribution is 9.10. The molecule has 0 fully saturated rings. The van der Waals surface area contributed by atoms with Crippen LogP contribution >= 0.6 is 15.9 Å². The number of nitrogens with zero attached hydrogens (tertiary/aromatic N) is 1. The SMILES string of the molecule is COC(=O)c1cc(OC)c(Br)cc1-n1c(N)c2c(cc1=O)C(=O)NC2=O. The topological polar surface area (TPSA) is 130 Å². The summed E-state index contributed by atoms with van der Waals surface area (Å²) in [6, 6.07) is 3.80. The highest BCUT2D eigenvalue weighted by Crippen LogP contribution is 2.32. The van der Waals surface area contributed by atoms with Crippen molar-refractivity contribution in [3.63, 3.8) is 0 Å². The number of fused-ring (bicyclic) bond motifs is 1. The van der Waals surface area contributed by atoms with Crippen molar-refractivity contribution < 1.29 is 23.9 Å². The lowest BCUT2D eigenvalue weighted by atomic mass is 10.1. The van der Waals surface area contributed by atoms with E-state index in [1.807, 2.05) is 0 Å². The number of esters is 1. The average Bonchev–Trinajstić information content (AvgIpc) is 2.88. The van der Waals surface area contributed by atoms with E-state index in [9.17, 15) is 19.2 Å². The molecular weight excluding hydrogens is 410 g/mol. The highest BCUT2D eigenvalue weighted by Gasteiger charge is 2.32. The molecule has 1 aliphatic rings. The summed E-state index contributed by atoms with van der Waals surface area (Å²) in [6.45, 7) is 0. The largest absolute Gasteiger partial charge is 0.496 e. The number of benzene rings is 1. The summed E-state index contributed by atoms with van der Waals surface area (Å²) in [5.41, 5.74) is 5.14. The zero-order valence-corrected chi connectivity index (χ0v) is 15.2. The van der Waals surface area contributed by atoms with Crippen molar-refractivity contribution in [2.75, 3.05) is 20.0 Å². The number of halogens is 1. The summed E-state index contributed by atoms with van der Waals surface area (Å²) in [5.74, 6) is -2.10. The first kappa shape index (κ1) is 17.7. The molecule has 0 aliphatic carbocycles. The standard InChI is InChI=1S/C16H12BrN3O6/c1-25-10-3-6(16(24)26-2)9(5-8(10)17)20-11(21)4-7-12(13(20)18)15(23)19-14(7)22/h3-5H,18H2,1-2H3,(H,19,22,23). The number of methoxy groups -OCH3 is 2. The number of aromatic nitrogens is 1. The number of anilines is 1. The van der Waals surface area contributed by atoms with Crippen molar-refractivity contribution in [2.24, 2.45) is 0 Å². The average molecular weight is 422 g/mol. The van der Waals surface area contributed by atoms with Crippen LogP contribution in [-0.2, 0) is 4.74 Å². The lowest BCUT2D eigenvalue weighted by molar-refractivity contribution is 0.0600. The number of pyridine rings is 1. The van der Waals surface area contributed by atoms with Crippen molar-refractivity contribution >= 4 is 39.5 Å². The predicted octanol–water partition coefficient (Wildman–Crippen LogP) is 0.861. The summed E-state index contributed by atoms with van der Waals surface area (Å²) in [5, 5.41) is 2.08. The van der Waals surface area contributed by atoms with Crippen molar-refractivity contribution in [1.29, 1.82) is 0 Å². The fourth-order valence-corrected chi connectivity index (χ4v) is 3.18. The zero-order valence-electron chi connectivity index (χ0n) is 13.6. The first-order valence-electron chi connectivity index (χ1n) is 7.17. The number of nitrogens with two attached hydrogens (primary N) is 1. The van der Waals surface area contributed by atoms with Gasteiger partial charge in [-0.3, -0.25) is 24.3 Å². The lowest BCUT2D eigenvalue weighted by Gasteiger charge is -2.16. The van der Waals surface area contributed by atoms with Crippen molar-refractivity contribution in [2.45, 2.75) is 0 Å². The second-order valence-electron chi connectivity index (χ2n) is 5.27. The highest BCUT2D eigenvalue weighted by atomic mass is 79.9. The van der Waals surface area contributed by atoms with E-state index in [1.54, 1.807) is 0 Å². The van der Waals surface area contributed by atoms with E-state index in [0.717, 1.165) is 10.6 Å². The molecule has 0 spiro atoms. The van der Waals surface area contributed by atoms with E-state index < -0.39 is 23.3 Å². The molecule has 2 aromatic rings. The minimum absolute atomic E-state index is 0.00830. The molecule has 0 atom stereocenters. The zero-order chi connectivity index (χ0) is 19.2. The van der Waals surface area contributed by atoms with Gasteiger partial charge in [0.1, 0.15) is 11.6 Å². The molecule has 3 rings (SSSR count). The van der Waals surface area contributed by atoms with Crippen molar-refractivity contribution in [3.05, 3.63) is 49.7 Å². The predicted molar refractivity (Wildman–Crippen MR) is 93.8 cm³/mol. The third kappa shape index (κ3) is 2.54. The van der Waals surface area contributed by atoms with E-state index in [-0.39, 0.29) is 28.2 Å². The molecular formula is C16H12BrN3O6. The van der Waals surface area contributed by atoms with Gasteiger partial charge < -0.3 is 15.2 Å². The van der Waals surface area contributed by atoms with Crippen LogP contribution < -0.4 is 21.3 Å². The fourth-order valence-electron chi connectivity index (χ4n) is 2.69. The summed E-state index contributed by atoms with van der Waals surface area (Å²) in [4.78, 5) is 48.5. The van der Waals surface area contributed by atoms with E-state index in [4.69, 9.17) is 15.2 Å². The van der Waals surface area contributed by atoms with E-state index in [1.165, 1.54) is 26.4 Å². The number of hydrogen-bond acceptors (Lipinski definition) is 7. The van der Waals surface area contributed by atoms with Gasteiger partial charge in [-0.15, -0.1) is 0 Å². The minimum atomic E-state index is -0.738. The van der Waals surface area contributed by atoms with Gasteiger partial charge in [-0.25, -0.2) is 4.79 Å². The maximum absolute atomic E-state index is 12.6. The lowest BCUT2D eigenvalue weighted by Crippen LogP contribution is -2.26. The third-order valence-corrected chi connectivity index (χ3v) is 4.49. The first-order chi connectivity index (χ1) is 12.3. The van der Waals surface area contributed by atoms with Crippen LogP contribution in [0.1, 0.15) is 31.1 Å². The molecule has 0 saturated heterocycles. The molecule has 0 bridgehead atoms. The van der Waals surface area contributed by atoms with Gasteiger partial charge in [-0.2, -0.15) is 0 Å². The molecule has 1 aromatic carbocycles. The molecule has 0 unspecified atom stereocenters. The van der Waals surface area contributed by atoms with E-state index in [2.05, 4.69) is 21.2 Å². The second-order valence-corrected chi connectivity index (χ2v) is 6.12. The molecule has 1 aromatic heterocycles. The van der Waals surface area contributed by atoms with Crippen LogP contribution in [0.25, 0.3) is 5.69 Å². The number of carbonyl (C=O) groups excluding carboxylic acids is 3. The Kier molecular flexibility index (Phi) is 4.28. The van der Waals surface area contributed by atoms with Gasteiger partial charge in [-0.05, 0) is 28.1 Å². The second kappa shape index (κ2) is 6.30. The quantitative estimate of drug-likeness (QED) is 0.554. The fraction of sp³-hybridized carbons (Fsp3) is 0.125. The number of rotatable bonds is 3. The molecule has 2 amide bonds. The van der Waals surface area contributed by atoms with Crippen LogP contribution in [0, 0.1) is 0 Å². The summed E-state index contributed by atoms with van der Waals surface area (Å²) < 4.78 is 11.3. The normalized spacial score (nSPS) is 12.6. The molecule has 0 saturated carbocycles. The Morgan fingerprint density at radius 2 is 1.85 bits per heavy atom. The van der Waals surface area contributed by atoms with E-state index in [0.29, 0.717) is 10.2 Å². The van der Waals surface area contributed by atoms with Crippen molar-refractivity contribution in [3.8, 4) is 11.4 Å². The monoisotopic (exact) mass is 421 g/mol.